The normalized spacial score (nSPS) is 12.3. The van der Waals surface area contributed by atoms with Gasteiger partial charge in [0.1, 0.15) is 0 Å². The van der Waals surface area contributed by atoms with Crippen LogP contribution in [0.25, 0.3) is 0 Å². The van der Waals surface area contributed by atoms with Crippen LogP contribution in [0.1, 0.15) is 11.1 Å². The summed E-state index contributed by atoms with van der Waals surface area (Å²) in [5.74, 6) is 0.333. The van der Waals surface area contributed by atoms with E-state index in [1.54, 1.807) is 0 Å². The maximum Gasteiger partial charge on any atom is 0.0717 e. The Balaban J connectivity index is 1.79. The van der Waals surface area contributed by atoms with E-state index in [2.05, 4.69) is 12.1 Å². The molecule has 0 spiro atoms. The van der Waals surface area contributed by atoms with E-state index in [0.717, 1.165) is 11.4 Å². The monoisotopic (exact) mass is 289 g/mol. The Morgan fingerprint density at radius 3 is 2.30 bits per heavy atom. The van der Waals surface area contributed by atoms with Crippen molar-refractivity contribution in [1.29, 1.82) is 0 Å². The second-order valence-electron chi connectivity index (χ2n) is 4.93. The fourth-order valence-electron chi connectivity index (χ4n) is 2.08. The molecule has 0 saturated carbocycles. The van der Waals surface area contributed by atoms with Crippen molar-refractivity contribution in [1.82, 2.24) is 0 Å². The fraction of sp³-hybridized carbons (Fsp3) is 0.294. The van der Waals surface area contributed by atoms with Gasteiger partial charge in [0.05, 0.1) is 13.2 Å². The van der Waals surface area contributed by atoms with Gasteiger partial charge in [-0.25, -0.2) is 0 Å². The van der Waals surface area contributed by atoms with Crippen LogP contribution in [0.2, 0.25) is 5.02 Å². The second kappa shape index (κ2) is 8.05. The van der Waals surface area contributed by atoms with Crippen molar-refractivity contribution in [2.75, 3.05) is 13.2 Å². The third-order valence-electron chi connectivity index (χ3n) is 3.24. The van der Waals surface area contributed by atoms with Gasteiger partial charge in [0, 0.05) is 5.02 Å². The molecule has 106 valence electrons. The highest BCUT2D eigenvalue weighted by molar-refractivity contribution is 6.30. The molecule has 3 heteroatoms. The first-order chi connectivity index (χ1) is 9.78. The maximum atomic E-state index is 5.88. The summed E-state index contributed by atoms with van der Waals surface area (Å²) in [5.41, 5.74) is 8.26. The highest BCUT2D eigenvalue weighted by Crippen LogP contribution is 2.14. The zero-order valence-corrected chi connectivity index (χ0v) is 12.2. The fourth-order valence-corrected chi connectivity index (χ4v) is 2.21. The maximum absolute atomic E-state index is 5.88. The lowest BCUT2D eigenvalue weighted by atomic mass is 10.0. The van der Waals surface area contributed by atoms with Gasteiger partial charge in [-0.3, -0.25) is 0 Å². The topological polar surface area (TPSA) is 35.2 Å². The van der Waals surface area contributed by atoms with E-state index in [-0.39, 0.29) is 0 Å². The zero-order chi connectivity index (χ0) is 14.2. The van der Waals surface area contributed by atoms with E-state index in [9.17, 15) is 0 Å². The summed E-state index contributed by atoms with van der Waals surface area (Å²) in [6, 6.07) is 18.1. The molecule has 0 fully saturated rings. The molecule has 2 N–H and O–H groups in total. The van der Waals surface area contributed by atoms with Gasteiger partial charge >= 0.3 is 0 Å². The zero-order valence-electron chi connectivity index (χ0n) is 11.5. The van der Waals surface area contributed by atoms with Crippen LogP contribution in [-0.2, 0) is 17.8 Å². The third-order valence-corrected chi connectivity index (χ3v) is 3.49. The molecule has 0 saturated heterocycles. The molecule has 1 unspecified atom stereocenters. The molecule has 0 radical (unpaired) electrons. The molecule has 1 atom stereocenters. The van der Waals surface area contributed by atoms with Crippen LogP contribution < -0.4 is 5.73 Å². The summed E-state index contributed by atoms with van der Waals surface area (Å²) < 4.78 is 5.76. The van der Waals surface area contributed by atoms with Gasteiger partial charge in [-0.2, -0.15) is 0 Å². The van der Waals surface area contributed by atoms with E-state index in [4.69, 9.17) is 22.1 Å². The molecule has 2 aromatic carbocycles. The van der Waals surface area contributed by atoms with Gasteiger partial charge in [0.25, 0.3) is 0 Å². The molecule has 2 rings (SSSR count). The highest BCUT2D eigenvalue weighted by Gasteiger charge is 2.08. The molecule has 2 aromatic rings. The molecule has 0 amide bonds. The third kappa shape index (κ3) is 4.97. The SMILES string of the molecule is NCC(COCc1ccccc1)Cc1ccc(Cl)cc1. The van der Waals surface area contributed by atoms with Crippen LogP contribution in [0.5, 0.6) is 0 Å². The molecule has 0 aliphatic carbocycles. The van der Waals surface area contributed by atoms with E-state index in [1.807, 2.05) is 42.5 Å². The van der Waals surface area contributed by atoms with E-state index < -0.39 is 0 Å². The van der Waals surface area contributed by atoms with Gasteiger partial charge in [0.15, 0.2) is 0 Å². The molecule has 20 heavy (non-hydrogen) atoms. The molecular formula is C17H20ClNO. The van der Waals surface area contributed by atoms with Gasteiger partial charge in [-0.15, -0.1) is 0 Å². The Morgan fingerprint density at radius 2 is 1.65 bits per heavy atom. The van der Waals surface area contributed by atoms with Gasteiger partial charge in [0.2, 0.25) is 0 Å². The number of benzene rings is 2. The lowest BCUT2D eigenvalue weighted by molar-refractivity contribution is 0.0892. The van der Waals surface area contributed by atoms with Gasteiger partial charge in [-0.05, 0) is 42.1 Å². The summed E-state index contributed by atoms with van der Waals surface area (Å²) in [5, 5.41) is 0.762. The van der Waals surface area contributed by atoms with Crippen LogP contribution in [0.4, 0.5) is 0 Å². The first-order valence-electron chi connectivity index (χ1n) is 6.84. The molecule has 0 aliphatic rings. The Morgan fingerprint density at radius 1 is 0.950 bits per heavy atom. The molecule has 0 heterocycles. The molecular weight excluding hydrogens is 270 g/mol. The number of ether oxygens (including phenoxy) is 1. The first kappa shape index (κ1) is 15.0. The van der Waals surface area contributed by atoms with Gasteiger partial charge < -0.3 is 10.5 Å². The number of hydrogen-bond donors (Lipinski definition) is 1. The van der Waals surface area contributed by atoms with Crippen LogP contribution in [0, 0.1) is 5.92 Å². The molecule has 0 bridgehead atoms. The summed E-state index contributed by atoms with van der Waals surface area (Å²) in [7, 11) is 0. The average molecular weight is 290 g/mol. The van der Waals surface area contributed by atoms with Crippen molar-refractivity contribution in [2.45, 2.75) is 13.0 Å². The van der Waals surface area contributed by atoms with Crippen molar-refractivity contribution in [3.8, 4) is 0 Å². The number of rotatable bonds is 7. The van der Waals surface area contributed by atoms with Crippen LogP contribution >= 0.6 is 11.6 Å². The van der Waals surface area contributed by atoms with Crippen molar-refractivity contribution in [3.05, 3.63) is 70.7 Å². The number of hydrogen-bond acceptors (Lipinski definition) is 2. The average Bonchev–Trinajstić information content (AvgIpc) is 2.49. The summed E-state index contributed by atoms with van der Waals surface area (Å²) in [6.07, 6.45) is 0.919. The Labute approximate surface area is 125 Å². The van der Waals surface area contributed by atoms with Crippen molar-refractivity contribution >= 4 is 11.6 Å². The quantitative estimate of drug-likeness (QED) is 0.844. The lowest BCUT2D eigenvalue weighted by Gasteiger charge is -2.15. The Bertz CT molecular complexity index is 498. The largest absolute Gasteiger partial charge is 0.376 e. The Hall–Kier alpha value is -1.35. The minimum atomic E-state index is 0.333. The lowest BCUT2D eigenvalue weighted by Crippen LogP contribution is -2.22. The summed E-state index contributed by atoms with van der Waals surface area (Å²) in [4.78, 5) is 0. The minimum absolute atomic E-state index is 0.333. The minimum Gasteiger partial charge on any atom is -0.376 e. The highest BCUT2D eigenvalue weighted by atomic mass is 35.5. The van der Waals surface area contributed by atoms with E-state index >= 15 is 0 Å². The van der Waals surface area contributed by atoms with Crippen molar-refractivity contribution < 1.29 is 4.74 Å². The predicted molar refractivity (Wildman–Crippen MR) is 83.8 cm³/mol. The molecule has 0 aromatic heterocycles. The second-order valence-corrected chi connectivity index (χ2v) is 5.37. The molecule has 2 nitrogen and oxygen atoms in total. The van der Waals surface area contributed by atoms with Crippen LogP contribution in [0.3, 0.4) is 0 Å². The van der Waals surface area contributed by atoms with E-state index in [0.29, 0.717) is 25.7 Å². The standard InChI is InChI=1S/C17H20ClNO/c18-17-8-6-14(7-9-17)10-16(11-19)13-20-12-15-4-2-1-3-5-15/h1-9,16H,10-13,19H2. The predicted octanol–water partition coefficient (Wildman–Crippen LogP) is 3.67. The smallest absolute Gasteiger partial charge is 0.0717 e. The van der Waals surface area contributed by atoms with Crippen molar-refractivity contribution in [2.24, 2.45) is 11.7 Å². The Kier molecular flexibility index (Phi) is 6.06. The number of halogens is 1. The van der Waals surface area contributed by atoms with Gasteiger partial charge in [-0.1, -0.05) is 54.1 Å². The number of nitrogens with two attached hydrogens (primary N) is 1. The van der Waals surface area contributed by atoms with Crippen molar-refractivity contribution in [3.63, 3.8) is 0 Å². The summed E-state index contributed by atoms with van der Waals surface area (Å²) >= 11 is 5.88. The summed E-state index contributed by atoms with van der Waals surface area (Å²) in [6.45, 7) is 1.93. The van der Waals surface area contributed by atoms with Crippen LogP contribution in [-0.4, -0.2) is 13.2 Å². The van der Waals surface area contributed by atoms with E-state index in [1.165, 1.54) is 11.1 Å². The molecule has 0 aliphatic heterocycles. The first-order valence-corrected chi connectivity index (χ1v) is 7.22. The van der Waals surface area contributed by atoms with Crippen LogP contribution in [0.15, 0.2) is 54.6 Å².